The van der Waals surface area contributed by atoms with Crippen LogP contribution in [0.5, 0.6) is 0 Å². The highest BCUT2D eigenvalue weighted by Crippen LogP contribution is 2.35. The molecule has 0 spiro atoms. The maximum Gasteiger partial charge on any atom is 0.418 e. The summed E-state index contributed by atoms with van der Waals surface area (Å²) in [6.07, 6.45) is -2.37. The van der Waals surface area contributed by atoms with E-state index in [2.05, 4.69) is 10.3 Å². The third kappa shape index (κ3) is 4.11. The van der Waals surface area contributed by atoms with Crippen LogP contribution in [0.15, 0.2) is 59.6 Å². The molecule has 6 nitrogen and oxygen atoms in total. The minimum atomic E-state index is -4.68. The Morgan fingerprint density at radius 1 is 1.11 bits per heavy atom. The maximum atomic E-state index is 13.1. The van der Waals surface area contributed by atoms with Crippen molar-refractivity contribution in [2.45, 2.75) is 24.4 Å². The van der Waals surface area contributed by atoms with Gasteiger partial charge in [-0.05, 0) is 36.8 Å². The number of nitrogens with one attached hydrogen (secondary N) is 1. The fourth-order valence-corrected chi connectivity index (χ4v) is 3.52. The van der Waals surface area contributed by atoms with Gasteiger partial charge in [0.25, 0.3) is 10.0 Å². The summed E-state index contributed by atoms with van der Waals surface area (Å²) in [6.45, 7) is 1.90. The number of sulfonamides is 1. The molecule has 3 rings (SSSR count). The fourth-order valence-electron chi connectivity index (χ4n) is 2.40. The van der Waals surface area contributed by atoms with Gasteiger partial charge in [0.05, 0.1) is 33.7 Å². The van der Waals surface area contributed by atoms with Gasteiger partial charge < -0.3 is 0 Å². The van der Waals surface area contributed by atoms with Crippen molar-refractivity contribution in [1.29, 1.82) is 0 Å². The van der Waals surface area contributed by atoms with Crippen LogP contribution in [0.4, 0.5) is 18.9 Å². The van der Waals surface area contributed by atoms with E-state index >= 15 is 0 Å². The molecule has 0 amide bonds. The van der Waals surface area contributed by atoms with E-state index in [-0.39, 0.29) is 4.90 Å². The number of aryl methyl sites for hydroxylation is 1. The van der Waals surface area contributed by atoms with Gasteiger partial charge in [-0.25, -0.2) is 13.1 Å². The maximum absolute atomic E-state index is 13.1. The summed E-state index contributed by atoms with van der Waals surface area (Å²) in [7, 11) is -4.24. The average molecular weight is 396 g/mol. The van der Waals surface area contributed by atoms with Crippen LogP contribution < -0.4 is 4.72 Å². The lowest BCUT2D eigenvalue weighted by Gasteiger charge is -2.15. The van der Waals surface area contributed by atoms with E-state index in [9.17, 15) is 21.6 Å². The molecular weight excluding hydrogens is 381 g/mol. The predicted molar refractivity (Wildman–Crippen MR) is 93.0 cm³/mol. The Hall–Kier alpha value is -2.88. The van der Waals surface area contributed by atoms with Crippen molar-refractivity contribution in [3.63, 3.8) is 0 Å². The molecule has 0 radical (unpaired) electrons. The highest BCUT2D eigenvalue weighted by molar-refractivity contribution is 7.92. The molecule has 0 aliphatic rings. The Balaban J connectivity index is 1.96. The summed E-state index contributed by atoms with van der Waals surface area (Å²) in [5.74, 6) is 0. The first-order valence-corrected chi connectivity index (χ1v) is 9.40. The standard InChI is InChI=1S/C17H15F3N4O2S/c1-2-12-11-24(23-21-12)13-6-5-7-14(10-13)27(25,26)22-16-9-4-3-8-15(16)17(18,19)20/h3-11,22H,2H2,1H3. The molecule has 0 aliphatic carbocycles. The van der Waals surface area contributed by atoms with Gasteiger partial charge in [0.1, 0.15) is 0 Å². The van der Waals surface area contributed by atoms with E-state index in [0.717, 1.165) is 17.8 Å². The Morgan fingerprint density at radius 2 is 1.85 bits per heavy atom. The van der Waals surface area contributed by atoms with E-state index in [0.29, 0.717) is 12.1 Å². The molecule has 0 aliphatic heterocycles. The lowest BCUT2D eigenvalue weighted by Crippen LogP contribution is -2.17. The molecule has 0 saturated heterocycles. The highest BCUT2D eigenvalue weighted by Gasteiger charge is 2.34. The van der Waals surface area contributed by atoms with Crippen molar-refractivity contribution in [1.82, 2.24) is 15.0 Å². The number of hydrogen-bond donors (Lipinski definition) is 1. The van der Waals surface area contributed by atoms with Gasteiger partial charge in [-0.15, -0.1) is 5.10 Å². The SMILES string of the molecule is CCc1cn(-c2cccc(S(=O)(=O)Nc3ccccc3C(F)(F)F)c2)nn1. The summed E-state index contributed by atoms with van der Waals surface area (Å²) < 4.78 is 67.9. The van der Waals surface area contributed by atoms with Crippen LogP contribution in [0.2, 0.25) is 0 Å². The van der Waals surface area contributed by atoms with Crippen molar-refractivity contribution >= 4 is 15.7 Å². The number of para-hydroxylation sites is 1. The third-order valence-corrected chi connectivity index (χ3v) is 5.14. The zero-order valence-electron chi connectivity index (χ0n) is 14.1. The Labute approximate surface area is 153 Å². The summed E-state index contributed by atoms with van der Waals surface area (Å²) in [6, 6.07) is 10.1. The molecule has 1 N–H and O–H groups in total. The molecule has 1 heterocycles. The van der Waals surface area contributed by atoms with Crippen molar-refractivity contribution < 1.29 is 21.6 Å². The van der Waals surface area contributed by atoms with Crippen LogP contribution >= 0.6 is 0 Å². The Morgan fingerprint density at radius 3 is 2.52 bits per heavy atom. The molecule has 142 valence electrons. The van der Waals surface area contributed by atoms with Crippen molar-refractivity contribution in [3.8, 4) is 5.69 Å². The first-order valence-electron chi connectivity index (χ1n) is 7.91. The van der Waals surface area contributed by atoms with Crippen LogP contribution in [0.1, 0.15) is 18.2 Å². The molecule has 0 atom stereocenters. The van der Waals surface area contributed by atoms with Crippen LogP contribution in [-0.4, -0.2) is 23.4 Å². The molecule has 3 aromatic rings. The second-order valence-corrected chi connectivity index (χ2v) is 7.34. The molecular formula is C17H15F3N4O2S. The van der Waals surface area contributed by atoms with Crippen LogP contribution in [0.3, 0.4) is 0 Å². The smallest absolute Gasteiger partial charge is 0.279 e. The summed E-state index contributed by atoms with van der Waals surface area (Å²) in [4.78, 5) is -0.189. The summed E-state index contributed by atoms with van der Waals surface area (Å²) in [5.41, 5.74) is -0.451. The summed E-state index contributed by atoms with van der Waals surface area (Å²) >= 11 is 0. The quantitative estimate of drug-likeness (QED) is 0.714. The predicted octanol–water partition coefficient (Wildman–Crippen LogP) is 3.65. The van der Waals surface area contributed by atoms with Gasteiger partial charge in [0.2, 0.25) is 0 Å². The molecule has 0 bridgehead atoms. The van der Waals surface area contributed by atoms with Crippen LogP contribution in [0.25, 0.3) is 5.69 Å². The van der Waals surface area contributed by atoms with E-state index in [1.54, 1.807) is 12.3 Å². The lowest BCUT2D eigenvalue weighted by atomic mass is 10.2. The molecule has 0 saturated carbocycles. The molecule has 0 fully saturated rings. The third-order valence-electron chi connectivity index (χ3n) is 3.77. The minimum Gasteiger partial charge on any atom is -0.279 e. The fraction of sp³-hybridized carbons (Fsp3) is 0.176. The average Bonchev–Trinajstić information content (AvgIpc) is 3.10. The Bertz CT molecular complexity index is 1060. The largest absolute Gasteiger partial charge is 0.418 e. The number of alkyl halides is 3. The molecule has 27 heavy (non-hydrogen) atoms. The first kappa shape index (κ1) is 18.9. The van der Waals surface area contributed by atoms with E-state index < -0.39 is 27.5 Å². The molecule has 10 heteroatoms. The number of nitrogens with zero attached hydrogens (tertiary/aromatic N) is 3. The van der Waals surface area contributed by atoms with Gasteiger partial charge in [-0.3, -0.25) is 4.72 Å². The number of benzene rings is 2. The van der Waals surface area contributed by atoms with Gasteiger partial charge in [-0.1, -0.05) is 30.3 Å². The van der Waals surface area contributed by atoms with Gasteiger partial charge in [0, 0.05) is 0 Å². The zero-order chi connectivity index (χ0) is 19.7. The molecule has 1 aromatic heterocycles. The second-order valence-electron chi connectivity index (χ2n) is 5.65. The normalized spacial score (nSPS) is 12.1. The van der Waals surface area contributed by atoms with Gasteiger partial charge in [0.15, 0.2) is 0 Å². The zero-order valence-corrected chi connectivity index (χ0v) is 14.9. The molecule has 0 unspecified atom stereocenters. The van der Waals surface area contributed by atoms with E-state index in [4.69, 9.17) is 0 Å². The number of aromatic nitrogens is 3. The number of rotatable bonds is 5. The van der Waals surface area contributed by atoms with Gasteiger partial charge in [-0.2, -0.15) is 13.2 Å². The first-order chi connectivity index (χ1) is 12.7. The van der Waals surface area contributed by atoms with Gasteiger partial charge >= 0.3 is 6.18 Å². The van der Waals surface area contributed by atoms with Crippen molar-refractivity contribution in [2.24, 2.45) is 0 Å². The highest BCUT2D eigenvalue weighted by atomic mass is 32.2. The van der Waals surface area contributed by atoms with Crippen molar-refractivity contribution in [2.75, 3.05) is 4.72 Å². The lowest BCUT2D eigenvalue weighted by molar-refractivity contribution is -0.136. The number of halogens is 3. The van der Waals surface area contributed by atoms with Crippen LogP contribution in [-0.2, 0) is 22.6 Å². The van der Waals surface area contributed by atoms with E-state index in [1.807, 2.05) is 11.6 Å². The van der Waals surface area contributed by atoms with Crippen LogP contribution in [0, 0.1) is 0 Å². The number of hydrogen-bond acceptors (Lipinski definition) is 4. The minimum absolute atomic E-state index is 0.189. The van der Waals surface area contributed by atoms with E-state index in [1.165, 1.54) is 35.0 Å². The second kappa shape index (κ2) is 7.03. The topological polar surface area (TPSA) is 76.9 Å². The number of anilines is 1. The monoisotopic (exact) mass is 396 g/mol. The summed E-state index contributed by atoms with van der Waals surface area (Å²) in [5, 5.41) is 7.85. The Kier molecular flexibility index (Phi) is 4.92. The van der Waals surface area contributed by atoms with Crippen molar-refractivity contribution in [3.05, 3.63) is 66.0 Å². The molecule has 2 aromatic carbocycles.